The lowest BCUT2D eigenvalue weighted by atomic mass is 10.1. The molecule has 31 heavy (non-hydrogen) atoms. The van der Waals surface area contributed by atoms with E-state index in [1.54, 1.807) is 25.3 Å². The van der Waals surface area contributed by atoms with Gasteiger partial charge in [0.1, 0.15) is 17.0 Å². The number of rotatable bonds is 6. The van der Waals surface area contributed by atoms with Crippen molar-refractivity contribution in [1.82, 2.24) is 4.98 Å². The highest BCUT2D eigenvalue weighted by Gasteiger charge is 2.12. The van der Waals surface area contributed by atoms with Crippen LogP contribution in [-0.2, 0) is 4.79 Å². The predicted octanol–water partition coefficient (Wildman–Crippen LogP) is 5.90. The van der Waals surface area contributed by atoms with Gasteiger partial charge in [-0.15, -0.1) is 0 Å². The number of hydrogen-bond donors (Lipinski definition) is 1. The molecule has 4 rings (SSSR count). The number of aromatic nitrogens is 1. The van der Waals surface area contributed by atoms with Crippen LogP contribution in [-0.4, -0.2) is 24.6 Å². The van der Waals surface area contributed by atoms with Crippen LogP contribution in [0.1, 0.15) is 11.1 Å². The molecule has 0 saturated carbocycles. The molecule has 3 aromatic carbocycles. The predicted molar refractivity (Wildman–Crippen MR) is 124 cm³/mol. The van der Waals surface area contributed by atoms with E-state index in [9.17, 15) is 4.79 Å². The number of carbonyl (C=O) groups excluding carboxylic acids is 1. The van der Waals surface area contributed by atoms with Crippen LogP contribution in [0.5, 0.6) is 11.5 Å². The molecule has 0 radical (unpaired) electrons. The maximum Gasteiger partial charge on any atom is 0.262 e. The van der Waals surface area contributed by atoms with E-state index < -0.39 is 0 Å². The second-order valence-electron chi connectivity index (χ2n) is 7.16. The summed E-state index contributed by atoms with van der Waals surface area (Å²) in [4.78, 5) is 16.9. The first-order valence-electron chi connectivity index (χ1n) is 9.67. The summed E-state index contributed by atoms with van der Waals surface area (Å²) in [6.07, 6.45) is 0. The van der Waals surface area contributed by atoms with Crippen molar-refractivity contribution in [3.63, 3.8) is 0 Å². The largest absolute Gasteiger partial charge is 0.497 e. The van der Waals surface area contributed by atoms with Gasteiger partial charge in [0, 0.05) is 11.3 Å². The van der Waals surface area contributed by atoms with Gasteiger partial charge < -0.3 is 19.2 Å². The Morgan fingerprint density at radius 1 is 1.13 bits per heavy atom. The smallest absolute Gasteiger partial charge is 0.262 e. The second kappa shape index (κ2) is 8.81. The molecule has 1 amide bonds. The third-order valence-electron chi connectivity index (χ3n) is 4.71. The fourth-order valence-corrected chi connectivity index (χ4v) is 4.09. The molecule has 0 aliphatic rings. The van der Waals surface area contributed by atoms with Crippen LogP contribution < -0.4 is 14.8 Å². The van der Waals surface area contributed by atoms with Gasteiger partial charge in [0.15, 0.2) is 12.2 Å². The normalized spacial score (nSPS) is 10.8. The Morgan fingerprint density at radius 2 is 1.97 bits per heavy atom. The van der Waals surface area contributed by atoms with Crippen molar-refractivity contribution in [3.05, 3.63) is 70.2 Å². The summed E-state index contributed by atoms with van der Waals surface area (Å²) in [5.74, 6) is 1.61. The zero-order valence-electron chi connectivity index (χ0n) is 17.4. The van der Waals surface area contributed by atoms with Gasteiger partial charge in [-0.1, -0.05) is 12.1 Å². The van der Waals surface area contributed by atoms with E-state index in [0.717, 1.165) is 26.9 Å². The first-order chi connectivity index (χ1) is 14.9. The zero-order valence-corrected chi connectivity index (χ0v) is 18.9. The molecule has 0 aliphatic heterocycles. The number of amides is 1. The van der Waals surface area contributed by atoms with Gasteiger partial charge in [0.2, 0.25) is 5.89 Å². The van der Waals surface area contributed by atoms with E-state index in [4.69, 9.17) is 13.9 Å². The first kappa shape index (κ1) is 20.9. The molecule has 158 valence electrons. The fraction of sp³-hybridized carbons (Fsp3) is 0.167. The molecule has 0 saturated heterocycles. The maximum absolute atomic E-state index is 12.4. The number of anilines is 1. The molecule has 0 spiro atoms. The van der Waals surface area contributed by atoms with Gasteiger partial charge in [-0.2, -0.15) is 0 Å². The molecule has 1 heterocycles. The third-order valence-corrected chi connectivity index (χ3v) is 5.30. The number of nitrogens with one attached hydrogen (secondary N) is 1. The first-order valence-corrected chi connectivity index (χ1v) is 10.5. The van der Waals surface area contributed by atoms with Crippen LogP contribution in [0, 0.1) is 13.8 Å². The highest BCUT2D eigenvalue weighted by molar-refractivity contribution is 9.10. The molecular weight excluding hydrogens is 460 g/mol. The van der Waals surface area contributed by atoms with Crippen LogP contribution >= 0.6 is 15.9 Å². The Bertz CT molecular complexity index is 1240. The van der Waals surface area contributed by atoms with Gasteiger partial charge >= 0.3 is 0 Å². The number of methoxy groups -OCH3 is 1. The van der Waals surface area contributed by atoms with Crippen molar-refractivity contribution in [2.45, 2.75) is 13.8 Å². The molecule has 7 heteroatoms. The van der Waals surface area contributed by atoms with E-state index in [0.29, 0.717) is 28.4 Å². The quantitative estimate of drug-likeness (QED) is 0.371. The Labute approximate surface area is 188 Å². The molecule has 0 atom stereocenters. The van der Waals surface area contributed by atoms with Crippen molar-refractivity contribution >= 4 is 38.6 Å². The summed E-state index contributed by atoms with van der Waals surface area (Å²) < 4.78 is 17.7. The number of ether oxygens (including phenoxy) is 2. The minimum absolute atomic E-state index is 0.103. The molecule has 0 aliphatic carbocycles. The Morgan fingerprint density at radius 3 is 2.74 bits per heavy atom. The Kier molecular flexibility index (Phi) is 5.95. The van der Waals surface area contributed by atoms with Crippen molar-refractivity contribution in [2.75, 3.05) is 19.0 Å². The van der Waals surface area contributed by atoms with E-state index in [1.807, 2.05) is 50.2 Å². The molecule has 0 unspecified atom stereocenters. The van der Waals surface area contributed by atoms with Crippen molar-refractivity contribution in [3.8, 4) is 23.0 Å². The average molecular weight is 481 g/mol. The van der Waals surface area contributed by atoms with Crippen molar-refractivity contribution in [2.24, 2.45) is 0 Å². The second-order valence-corrected chi connectivity index (χ2v) is 8.02. The minimum Gasteiger partial charge on any atom is -0.497 e. The van der Waals surface area contributed by atoms with Gasteiger partial charge in [-0.3, -0.25) is 4.79 Å². The molecule has 4 aromatic rings. The number of nitrogens with zero attached hydrogens (tertiary/aromatic N) is 1. The van der Waals surface area contributed by atoms with Crippen LogP contribution in [0.3, 0.4) is 0 Å². The van der Waals surface area contributed by atoms with Crippen LogP contribution in [0.4, 0.5) is 5.69 Å². The van der Waals surface area contributed by atoms with Crippen molar-refractivity contribution < 1.29 is 18.7 Å². The lowest BCUT2D eigenvalue weighted by molar-refractivity contribution is -0.118. The molecule has 1 N–H and O–H groups in total. The molecule has 0 fully saturated rings. The topological polar surface area (TPSA) is 73.6 Å². The summed E-state index contributed by atoms with van der Waals surface area (Å²) in [5.41, 5.74) is 4.80. The lowest BCUT2D eigenvalue weighted by Crippen LogP contribution is -2.20. The molecule has 1 aromatic heterocycles. The van der Waals surface area contributed by atoms with E-state index >= 15 is 0 Å². The maximum atomic E-state index is 12.4. The van der Waals surface area contributed by atoms with Gasteiger partial charge in [-0.05, 0) is 83.4 Å². The van der Waals surface area contributed by atoms with E-state index in [-0.39, 0.29) is 12.5 Å². The molecular formula is C24H21BrN2O4. The number of fused-ring (bicyclic) bond motifs is 1. The Balaban J connectivity index is 1.47. The summed E-state index contributed by atoms with van der Waals surface area (Å²) in [6, 6.07) is 16.8. The van der Waals surface area contributed by atoms with Crippen LogP contribution in [0.15, 0.2) is 63.5 Å². The summed E-state index contributed by atoms with van der Waals surface area (Å²) in [5, 5.41) is 2.84. The minimum atomic E-state index is -0.261. The van der Waals surface area contributed by atoms with E-state index in [2.05, 4.69) is 26.2 Å². The summed E-state index contributed by atoms with van der Waals surface area (Å²) in [7, 11) is 1.61. The molecule has 6 nitrogen and oxygen atoms in total. The monoisotopic (exact) mass is 480 g/mol. The fourth-order valence-electron chi connectivity index (χ4n) is 3.30. The lowest BCUT2D eigenvalue weighted by Gasteiger charge is -2.12. The number of oxazole rings is 1. The van der Waals surface area contributed by atoms with Crippen LogP contribution in [0.2, 0.25) is 0 Å². The number of carbonyl (C=O) groups is 1. The van der Waals surface area contributed by atoms with Crippen LogP contribution in [0.25, 0.3) is 22.6 Å². The van der Waals surface area contributed by atoms with Gasteiger partial charge in [0.25, 0.3) is 5.91 Å². The third kappa shape index (κ3) is 4.72. The van der Waals surface area contributed by atoms with Crippen molar-refractivity contribution in [1.29, 1.82) is 0 Å². The average Bonchev–Trinajstić information content (AvgIpc) is 3.16. The van der Waals surface area contributed by atoms with Gasteiger partial charge in [0.05, 0.1) is 11.6 Å². The van der Waals surface area contributed by atoms with Gasteiger partial charge in [-0.25, -0.2) is 4.98 Å². The Hall–Kier alpha value is -3.32. The molecule has 0 bridgehead atoms. The highest BCUT2D eigenvalue weighted by atomic mass is 79.9. The summed E-state index contributed by atoms with van der Waals surface area (Å²) >= 11 is 3.49. The number of benzene rings is 3. The number of hydrogen-bond acceptors (Lipinski definition) is 5. The summed E-state index contributed by atoms with van der Waals surface area (Å²) in [6.45, 7) is 3.85. The zero-order chi connectivity index (χ0) is 22.0. The SMILES string of the molecule is COc1cccc(-c2nc3cc(NC(=O)COc4c(C)cc(C)cc4Br)ccc3o2)c1. The number of halogens is 1. The number of aryl methyl sites for hydroxylation is 2. The van der Waals surface area contributed by atoms with E-state index in [1.165, 1.54) is 0 Å². The standard InChI is InChI=1S/C24H21BrN2O4/c1-14-9-15(2)23(19(25)10-14)30-13-22(28)26-17-7-8-21-20(12-17)27-24(31-21)16-5-4-6-18(11-16)29-3/h4-12H,13H2,1-3H3,(H,26,28). The highest BCUT2D eigenvalue weighted by Crippen LogP contribution is 2.31.